The van der Waals surface area contributed by atoms with Crippen LogP contribution in [0.3, 0.4) is 0 Å². The van der Waals surface area contributed by atoms with E-state index in [0.29, 0.717) is 6.04 Å². The van der Waals surface area contributed by atoms with Crippen molar-refractivity contribution in [2.24, 2.45) is 0 Å². The van der Waals surface area contributed by atoms with Crippen LogP contribution in [0.15, 0.2) is 45.3 Å². The number of benzene rings is 1. The minimum atomic E-state index is 0.392. The van der Waals surface area contributed by atoms with Crippen molar-refractivity contribution in [2.75, 3.05) is 6.54 Å². The van der Waals surface area contributed by atoms with Crippen molar-refractivity contribution in [3.05, 3.63) is 46.6 Å². The molecule has 0 spiro atoms. The molecule has 0 bridgehead atoms. The van der Waals surface area contributed by atoms with Gasteiger partial charge in [-0.2, -0.15) is 0 Å². The predicted molar refractivity (Wildman–Crippen MR) is 76.4 cm³/mol. The number of hydrogen-bond donors (Lipinski definition) is 1. The average Bonchev–Trinajstić information content (AvgIpc) is 2.90. The van der Waals surface area contributed by atoms with Gasteiger partial charge in [-0.3, -0.25) is 0 Å². The summed E-state index contributed by atoms with van der Waals surface area (Å²) < 4.78 is 7.06. The highest BCUT2D eigenvalue weighted by atomic mass is 79.9. The van der Waals surface area contributed by atoms with E-state index < -0.39 is 0 Å². The number of nitrogens with one attached hydrogen (secondary N) is 1. The minimum Gasteiger partial charge on any atom is -0.459 e. The second-order valence-corrected chi connectivity index (χ2v) is 5.63. The van der Waals surface area contributed by atoms with Crippen LogP contribution in [0.25, 0.3) is 11.3 Å². The van der Waals surface area contributed by atoms with Crippen LogP contribution in [-0.4, -0.2) is 6.54 Å². The summed E-state index contributed by atoms with van der Waals surface area (Å²) in [5, 5.41) is 3.51. The highest BCUT2D eigenvalue weighted by molar-refractivity contribution is 9.10. The molecule has 1 aliphatic heterocycles. The Hall–Kier alpha value is -1.06. The summed E-state index contributed by atoms with van der Waals surface area (Å²) in [6.45, 7) is 1.10. The minimum absolute atomic E-state index is 0.392. The van der Waals surface area contributed by atoms with E-state index >= 15 is 0 Å². The molecule has 0 aliphatic carbocycles. The first-order chi connectivity index (χ1) is 8.83. The smallest absolute Gasteiger partial charge is 0.134 e. The van der Waals surface area contributed by atoms with E-state index in [1.165, 1.54) is 19.3 Å². The van der Waals surface area contributed by atoms with Crippen LogP contribution in [0, 0.1) is 0 Å². The normalized spacial score (nSPS) is 19.9. The maximum Gasteiger partial charge on any atom is 0.134 e. The standard InChI is InChI=1S/C15H16BrNO/c16-12-6-4-11(5-7-12)14-8-9-15(18-14)13-3-1-2-10-17-13/h4-9,13,17H,1-3,10H2/t13-/m1/s1. The largest absolute Gasteiger partial charge is 0.459 e. The molecule has 94 valence electrons. The molecule has 1 saturated heterocycles. The molecule has 0 amide bonds. The number of rotatable bonds is 2. The van der Waals surface area contributed by atoms with Crippen LogP contribution in [0.4, 0.5) is 0 Å². The zero-order valence-electron chi connectivity index (χ0n) is 10.2. The van der Waals surface area contributed by atoms with Gasteiger partial charge in [-0.1, -0.05) is 34.5 Å². The zero-order chi connectivity index (χ0) is 12.4. The van der Waals surface area contributed by atoms with Gasteiger partial charge < -0.3 is 9.73 Å². The fourth-order valence-electron chi connectivity index (χ4n) is 2.40. The number of hydrogen-bond acceptors (Lipinski definition) is 2. The Morgan fingerprint density at radius 1 is 1.06 bits per heavy atom. The van der Waals surface area contributed by atoms with Gasteiger partial charge in [-0.15, -0.1) is 0 Å². The second kappa shape index (κ2) is 5.29. The molecule has 1 aromatic heterocycles. The summed E-state index contributed by atoms with van der Waals surface area (Å²) in [5.41, 5.74) is 1.13. The number of piperidine rings is 1. The summed E-state index contributed by atoms with van der Waals surface area (Å²) in [7, 11) is 0. The van der Waals surface area contributed by atoms with Crippen molar-refractivity contribution in [2.45, 2.75) is 25.3 Å². The Balaban J connectivity index is 1.82. The Labute approximate surface area is 116 Å². The van der Waals surface area contributed by atoms with Crippen LogP contribution in [0.2, 0.25) is 0 Å². The molecule has 2 aromatic rings. The maximum absolute atomic E-state index is 5.97. The molecule has 2 nitrogen and oxygen atoms in total. The van der Waals surface area contributed by atoms with E-state index in [-0.39, 0.29) is 0 Å². The molecule has 1 aliphatic rings. The van der Waals surface area contributed by atoms with Gasteiger partial charge in [0, 0.05) is 10.0 Å². The Bertz CT molecular complexity index is 512. The lowest BCUT2D eigenvalue weighted by atomic mass is 10.0. The molecule has 3 rings (SSSR count). The summed E-state index contributed by atoms with van der Waals surface area (Å²) in [5.74, 6) is 2.01. The molecular weight excluding hydrogens is 290 g/mol. The van der Waals surface area contributed by atoms with Gasteiger partial charge in [0.1, 0.15) is 11.5 Å². The molecular formula is C15H16BrNO. The topological polar surface area (TPSA) is 25.2 Å². The Kier molecular flexibility index (Phi) is 3.52. The second-order valence-electron chi connectivity index (χ2n) is 4.71. The zero-order valence-corrected chi connectivity index (χ0v) is 11.7. The van der Waals surface area contributed by atoms with Gasteiger partial charge in [0.2, 0.25) is 0 Å². The van der Waals surface area contributed by atoms with Gasteiger partial charge in [-0.05, 0) is 43.7 Å². The van der Waals surface area contributed by atoms with Gasteiger partial charge in [-0.25, -0.2) is 0 Å². The van der Waals surface area contributed by atoms with Crippen LogP contribution in [0.5, 0.6) is 0 Å². The molecule has 1 atom stereocenters. The van der Waals surface area contributed by atoms with E-state index in [2.05, 4.69) is 45.5 Å². The SMILES string of the molecule is Brc1ccc(-c2ccc([C@H]3CCCCN3)o2)cc1. The first-order valence-corrected chi connectivity index (χ1v) is 7.21. The van der Waals surface area contributed by atoms with Crippen molar-refractivity contribution in [3.63, 3.8) is 0 Å². The lowest BCUT2D eigenvalue weighted by Crippen LogP contribution is -2.26. The maximum atomic E-state index is 5.97. The predicted octanol–water partition coefficient (Wildman–Crippen LogP) is 4.52. The molecule has 1 N–H and O–H groups in total. The van der Waals surface area contributed by atoms with Crippen LogP contribution >= 0.6 is 15.9 Å². The average molecular weight is 306 g/mol. The van der Waals surface area contributed by atoms with Crippen molar-refractivity contribution in [1.82, 2.24) is 5.32 Å². The summed E-state index contributed by atoms with van der Waals surface area (Å²) in [6.07, 6.45) is 3.73. The molecule has 2 heterocycles. The summed E-state index contributed by atoms with van der Waals surface area (Å²) in [4.78, 5) is 0. The molecule has 18 heavy (non-hydrogen) atoms. The van der Waals surface area contributed by atoms with Gasteiger partial charge in [0.05, 0.1) is 6.04 Å². The first-order valence-electron chi connectivity index (χ1n) is 6.42. The molecule has 0 unspecified atom stereocenters. The molecule has 0 radical (unpaired) electrons. The van der Waals surface area contributed by atoms with E-state index in [4.69, 9.17) is 4.42 Å². The van der Waals surface area contributed by atoms with Crippen molar-refractivity contribution in [3.8, 4) is 11.3 Å². The number of halogens is 1. The summed E-state index contributed by atoms with van der Waals surface area (Å²) >= 11 is 3.45. The third kappa shape index (κ3) is 2.52. The first kappa shape index (κ1) is 12.0. The van der Waals surface area contributed by atoms with Crippen LogP contribution < -0.4 is 5.32 Å². The fourth-order valence-corrected chi connectivity index (χ4v) is 2.67. The van der Waals surface area contributed by atoms with Gasteiger partial charge in [0.15, 0.2) is 0 Å². The molecule has 1 fully saturated rings. The highest BCUT2D eigenvalue weighted by Gasteiger charge is 2.18. The van der Waals surface area contributed by atoms with Crippen molar-refractivity contribution in [1.29, 1.82) is 0 Å². The number of furan rings is 1. The lowest BCUT2D eigenvalue weighted by Gasteiger charge is -2.21. The Morgan fingerprint density at radius 2 is 1.89 bits per heavy atom. The third-order valence-corrected chi connectivity index (χ3v) is 3.94. The molecule has 1 aromatic carbocycles. The van der Waals surface area contributed by atoms with Gasteiger partial charge >= 0.3 is 0 Å². The quantitative estimate of drug-likeness (QED) is 0.882. The van der Waals surface area contributed by atoms with Crippen molar-refractivity contribution < 1.29 is 4.42 Å². The van der Waals surface area contributed by atoms with E-state index in [0.717, 1.165) is 28.1 Å². The summed E-state index contributed by atoms with van der Waals surface area (Å²) in [6, 6.07) is 12.8. The van der Waals surface area contributed by atoms with E-state index in [1.54, 1.807) is 0 Å². The van der Waals surface area contributed by atoms with Crippen LogP contribution in [-0.2, 0) is 0 Å². The van der Waals surface area contributed by atoms with Crippen molar-refractivity contribution >= 4 is 15.9 Å². The highest BCUT2D eigenvalue weighted by Crippen LogP contribution is 2.29. The molecule has 0 saturated carbocycles. The monoisotopic (exact) mass is 305 g/mol. The van der Waals surface area contributed by atoms with Gasteiger partial charge in [0.25, 0.3) is 0 Å². The van der Waals surface area contributed by atoms with E-state index in [1.807, 2.05) is 12.1 Å². The fraction of sp³-hybridized carbons (Fsp3) is 0.333. The lowest BCUT2D eigenvalue weighted by molar-refractivity contribution is 0.353. The third-order valence-electron chi connectivity index (χ3n) is 3.41. The van der Waals surface area contributed by atoms with E-state index in [9.17, 15) is 0 Å². The van der Waals surface area contributed by atoms with Crippen LogP contribution in [0.1, 0.15) is 31.1 Å². The Morgan fingerprint density at radius 3 is 2.61 bits per heavy atom. The molecule has 3 heteroatoms.